The molecule has 0 atom stereocenters. The number of hydrogen-bond acceptors (Lipinski definition) is 3. The first-order valence-electron chi connectivity index (χ1n) is 5.79. The fraction of sp³-hybridized carbons (Fsp3) is 0.154. The summed E-state index contributed by atoms with van der Waals surface area (Å²) in [6, 6.07) is 4.89. The van der Waals surface area contributed by atoms with Crippen molar-refractivity contribution in [2.24, 2.45) is 11.5 Å². The Morgan fingerprint density at radius 1 is 1.05 bits per heavy atom. The van der Waals surface area contributed by atoms with Gasteiger partial charge in [0.1, 0.15) is 13.1 Å². The molecule has 0 fully saturated rings. The molecule has 0 bridgehead atoms. The summed E-state index contributed by atoms with van der Waals surface area (Å²) in [6.07, 6.45) is 2.53. The maximum atomic E-state index is 11.9. The molecule has 112 valence electrons. The van der Waals surface area contributed by atoms with Gasteiger partial charge < -0.3 is 16.4 Å². The number of hydrogen-bond donors (Lipinski definition) is 2. The van der Waals surface area contributed by atoms with Crippen LogP contribution in [0.1, 0.15) is 5.56 Å². The van der Waals surface area contributed by atoms with Crippen LogP contribution < -0.4 is 11.5 Å². The highest BCUT2D eigenvalue weighted by molar-refractivity contribution is 6.37. The number of nitrogens with zero attached hydrogens (tertiary/aromatic N) is 1. The molecule has 3 amide bonds. The molecule has 0 spiro atoms. The van der Waals surface area contributed by atoms with Crippen molar-refractivity contribution < 1.29 is 14.4 Å². The first-order valence-corrected chi connectivity index (χ1v) is 6.54. The monoisotopic (exact) mass is 329 g/mol. The van der Waals surface area contributed by atoms with Crippen LogP contribution in [-0.4, -0.2) is 35.7 Å². The lowest BCUT2D eigenvalue weighted by atomic mass is 10.2. The summed E-state index contributed by atoms with van der Waals surface area (Å²) in [6.45, 7) is -0.829. The largest absolute Gasteiger partial charge is 0.368 e. The van der Waals surface area contributed by atoms with E-state index >= 15 is 0 Å². The lowest BCUT2D eigenvalue weighted by molar-refractivity contribution is -0.134. The average Bonchev–Trinajstić information content (AvgIpc) is 2.36. The third-order valence-electron chi connectivity index (χ3n) is 2.40. The molecule has 1 aromatic carbocycles. The van der Waals surface area contributed by atoms with Crippen molar-refractivity contribution in [3.05, 3.63) is 39.9 Å². The Morgan fingerprint density at radius 3 is 1.95 bits per heavy atom. The van der Waals surface area contributed by atoms with Gasteiger partial charge in [-0.3, -0.25) is 14.4 Å². The van der Waals surface area contributed by atoms with E-state index in [-0.39, 0.29) is 0 Å². The van der Waals surface area contributed by atoms with Crippen LogP contribution >= 0.6 is 23.2 Å². The third kappa shape index (κ3) is 5.45. The minimum Gasteiger partial charge on any atom is -0.368 e. The number of benzene rings is 1. The molecular formula is C13H13Cl2N3O3. The highest BCUT2D eigenvalue weighted by Crippen LogP contribution is 2.25. The van der Waals surface area contributed by atoms with Gasteiger partial charge in [0.25, 0.3) is 0 Å². The van der Waals surface area contributed by atoms with Crippen LogP contribution in [0.3, 0.4) is 0 Å². The van der Waals surface area contributed by atoms with Gasteiger partial charge in [0, 0.05) is 21.7 Å². The molecule has 0 radical (unpaired) electrons. The van der Waals surface area contributed by atoms with Crippen LogP contribution in [-0.2, 0) is 14.4 Å². The van der Waals surface area contributed by atoms with Gasteiger partial charge in [-0.2, -0.15) is 0 Å². The van der Waals surface area contributed by atoms with E-state index in [1.165, 1.54) is 6.08 Å². The zero-order valence-corrected chi connectivity index (χ0v) is 12.4. The molecule has 0 saturated heterocycles. The lowest BCUT2D eigenvalue weighted by Crippen LogP contribution is -2.42. The summed E-state index contributed by atoms with van der Waals surface area (Å²) in [4.78, 5) is 34.6. The topological polar surface area (TPSA) is 106 Å². The van der Waals surface area contributed by atoms with Crippen LogP contribution in [0.2, 0.25) is 10.0 Å². The summed E-state index contributed by atoms with van der Waals surface area (Å²) in [7, 11) is 0. The molecule has 0 heterocycles. The molecule has 0 aliphatic rings. The minimum absolute atomic E-state index is 0.364. The van der Waals surface area contributed by atoms with Gasteiger partial charge in [0.05, 0.1) is 0 Å². The van der Waals surface area contributed by atoms with Crippen molar-refractivity contribution in [3.8, 4) is 0 Å². The van der Waals surface area contributed by atoms with Crippen LogP contribution in [0, 0.1) is 0 Å². The normalized spacial score (nSPS) is 10.6. The van der Waals surface area contributed by atoms with E-state index in [1.807, 2.05) is 0 Å². The summed E-state index contributed by atoms with van der Waals surface area (Å²) in [5.41, 5.74) is 10.5. The number of amides is 3. The number of rotatable bonds is 6. The van der Waals surface area contributed by atoms with Gasteiger partial charge in [0.2, 0.25) is 17.7 Å². The number of carbonyl (C=O) groups is 3. The van der Waals surface area contributed by atoms with E-state index in [0.717, 1.165) is 11.0 Å². The molecule has 0 saturated carbocycles. The molecule has 1 rings (SSSR count). The van der Waals surface area contributed by atoms with E-state index in [0.29, 0.717) is 15.6 Å². The summed E-state index contributed by atoms with van der Waals surface area (Å²) < 4.78 is 0. The van der Waals surface area contributed by atoms with E-state index in [4.69, 9.17) is 34.7 Å². The zero-order valence-electron chi connectivity index (χ0n) is 10.9. The zero-order chi connectivity index (χ0) is 16.0. The second-order valence-corrected chi connectivity index (χ2v) is 4.91. The molecule has 4 N–H and O–H groups in total. The number of carbonyl (C=O) groups excluding carboxylic acids is 3. The smallest absolute Gasteiger partial charge is 0.247 e. The van der Waals surface area contributed by atoms with Crippen LogP contribution in [0.25, 0.3) is 6.08 Å². The fourth-order valence-corrected chi connectivity index (χ4v) is 2.04. The molecule has 0 aliphatic carbocycles. The van der Waals surface area contributed by atoms with E-state index in [2.05, 4.69) is 0 Å². The van der Waals surface area contributed by atoms with Crippen molar-refractivity contribution in [1.29, 1.82) is 0 Å². The molecular weight excluding hydrogens is 317 g/mol. The average molecular weight is 330 g/mol. The predicted molar refractivity (Wildman–Crippen MR) is 80.5 cm³/mol. The SMILES string of the molecule is NC(=O)CN(CC(N)=O)C(=O)C=Cc1c(Cl)cccc1Cl. The van der Waals surface area contributed by atoms with Gasteiger partial charge in [-0.05, 0) is 18.2 Å². The van der Waals surface area contributed by atoms with Crippen molar-refractivity contribution in [3.63, 3.8) is 0 Å². The summed E-state index contributed by atoms with van der Waals surface area (Å²) in [5.74, 6) is -2.12. The number of nitrogens with two attached hydrogens (primary N) is 2. The van der Waals surface area contributed by atoms with E-state index in [9.17, 15) is 14.4 Å². The number of primary amides is 2. The van der Waals surface area contributed by atoms with Gasteiger partial charge in [-0.25, -0.2) is 0 Å². The van der Waals surface area contributed by atoms with Crippen molar-refractivity contribution in [2.75, 3.05) is 13.1 Å². The van der Waals surface area contributed by atoms with E-state index in [1.54, 1.807) is 18.2 Å². The quantitative estimate of drug-likeness (QED) is 0.754. The Balaban J connectivity index is 2.92. The van der Waals surface area contributed by atoms with Gasteiger partial charge in [-0.15, -0.1) is 0 Å². The Kier molecular flexibility index (Phi) is 6.20. The Bertz CT molecular complexity index is 566. The van der Waals surface area contributed by atoms with Gasteiger partial charge in [-0.1, -0.05) is 29.3 Å². The van der Waals surface area contributed by atoms with Crippen molar-refractivity contribution >= 4 is 47.0 Å². The van der Waals surface area contributed by atoms with Gasteiger partial charge >= 0.3 is 0 Å². The molecule has 8 heteroatoms. The maximum absolute atomic E-state index is 11.9. The standard InChI is InChI=1S/C13H13Cl2N3O3/c14-9-2-1-3-10(15)8(9)4-5-13(21)18(6-11(16)19)7-12(17)20/h1-5H,6-7H2,(H2,16,19)(H2,17,20). The Hall–Kier alpha value is -2.05. The van der Waals surface area contributed by atoms with Crippen LogP contribution in [0.4, 0.5) is 0 Å². The molecule has 0 aliphatic heterocycles. The molecule has 0 aromatic heterocycles. The van der Waals surface area contributed by atoms with E-state index < -0.39 is 30.8 Å². The van der Waals surface area contributed by atoms with Crippen molar-refractivity contribution in [1.82, 2.24) is 4.90 Å². The molecule has 0 unspecified atom stereocenters. The highest BCUT2D eigenvalue weighted by Gasteiger charge is 2.15. The second kappa shape index (κ2) is 7.66. The van der Waals surface area contributed by atoms with Crippen LogP contribution in [0.15, 0.2) is 24.3 Å². The fourth-order valence-electron chi connectivity index (χ4n) is 1.52. The summed E-state index contributed by atoms with van der Waals surface area (Å²) >= 11 is 11.9. The number of halogens is 2. The first-order chi connectivity index (χ1) is 9.81. The molecule has 21 heavy (non-hydrogen) atoms. The first kappa shape index (κ1) is 17.0. The minimum atomic E-state index is -0.756. The Morgan fingerprint density at radius 2 is 1.52 bits per heavy atom. The van der Waals surface area contributed by atoms with Crippen LogP contribution in [0.5, 0.6) is 0 Å². The van der Waals surface area contributed by atoms with Gasteiger partial charge in [0.15, 0.2) is 0 Å². The Labute approximate surface area is 131 Å². The lowest BCUT2D eigenvalue weighted by Gasteiger charge is -2.17. The highest BCUT2D eigenvalue weighted by atomic mass is 35.5. The predicted octanol–water partition coefficient (Wildman–Crippen LogP) is 0.806. The molecule has 6 nitrogen and oxygen atoms in total. The molecule has 1 aromatic rings. The summed E-state index contributed by atoms with van der Waals surface area (Å²) in [5, 5.41) is 0.728. The third-order valence-corrected chi connectivity index (χ3v) is 3.06. The van der Waals surface area contributed by atoms with Crippen molar-refractivity contribution in [2.45, 2.75) is 0 Å². The second-order valence-electron chi connectivity index (χ2n) is 4.10. The maximum Gasteiger partial charge on any atom is 0.247 e.